The van der Waals surface area contributed by atoms with Crippen molar-refractivity contribution in [1.82, 2.24) is 9.21 Å². The van der Waals surface area contributed by atoms with Gasteiger partial charge in [0.05, 0.1) is 4.90 Å². The van der Waals surface area contributed by atoms with Crippen LogP contribution in [-0.4, -0.2) is 66.8 Å². The summed E-state index contributed by atoms with van der Waals surface area (Å²) in [4.78, 5) is 24.8. The van der Waals surface area contributed by atoms with E-state index < -0.39 is 22.0 Å². The van der Waals surface area contributed by atoms with Crippen LogP contribution < -0.4 is 5.73 Å². The van der Waals surface area contributed by atoms with Gasteiger partial charge in [0.2, 0.25) is 15.9 Å². The molecule has 0 unspecified atom stereocenters. The van der Waals surface area contributed by atoms with Crippen LogP contribution in [0.5, 0.6) is 0 Å². The third-order valence-electron chi connectivity index (χ3n) is 4.78. The summed E-state index contributed by atoms with van der Waals surface area (Å²) in [6.45, 7) is 6.50. The summed E-state index contributed by atoms with van der Waals surface area (Å²) in [6.07, 6.45) is 0.102. The molecule has 2 rings (SSSR count). The first kappa shape index (κ1) is 21.3. The van der Waals surface area contributed by atoms with E-state index in [2.05, 4.69) is 0 Å². The van der Waals surface area contributed by atoms with Crippen molar-refractivity contribution in [2.45, 2.75) is 44.6 Å². The zero-order chi connectivity index (χ0) is 20.4. The molecule has 0 spiro atoms. The Morgan fingerprint density at radius 3 is 2.11 bits per heavy atom. The number of benzene rings is 1. The number of carbonyl (C=O) groups excluding carboxylic acids is 1. The van der Waals surface area contributed by atoms with Gasteiger partial charge in [0.1, 0.15) is 6.04 Å². The Hall–Kier alpha value is -1.97. The number of amides is 1. The van der Waals surface area contributed by atoms with Crippen molar-refractivity contribution >= 4 is 21.9 Å². The number of piperazine rings is 1. The van der Waals surface area contributed by atoms with Gasteiger partial charge in [-0.15, -0.1) is 0 Å². The van der Waals surface area contributed by atoms with Crippen molar-refractivity contribution in [3.05, 3.63) is 28.8 Å². The Morgan fingerprint density at radius 2 is 1.63 bits per heavy atom. The number of hydrogen-bond acceptors (Lipinski definition) is 5. The third kappa shape index (κ3) is 4.85. The SMILES string of the molecule is Cc1cc(C)c(S(=O)(=O)N2CCN(C(=O)CC[C@H](N)C(=O)O)CC2)c(C)c1. The summed E-state index contributed by atoms with van der Waals surface area (Å²) >= 11 is 0. The van der Waals surface area contributed by atoms with Crippen LogP contribution in [0.1, 0.15) is 29.5 Å². The quantitative estimate of drug-likeness (QED) is 0.726. The topological polar surface area (TPSA) is 121 Å². The number of nitrogens with two attached hydrogens (primary N) is 1. The molecule has 0 radical (unpaired) electrons. The van der Waals surface area contributed by atoms with Gasteiger partial charge in [-0.1, -0.05) is 17.7 Å². The predicted octanol–water partition coefficient (Wildman–Crippen LogP) is 0.637. The summed E-state index contributed by atoms with van der Waals surface area (Å²) < 4.78 is 27.5. The molecule has 3 N–H and O–H groups in total. The molecule has 27 heavy (non-hydrogen) atoms. The first-order valence-electron chi connectivity index (χ1n) is 8.88. The Bertz CT molecular complexity index is 806. The number of aryl methyl sites for hydroxylation is 3. The lowest BCUT2D eigenvalue weighted by atomic mass is 10.1. The van der Waals surface area contributed by atoms with Gasteiger partial charge < -0.3 is 15.7 Å². The normalized spacial score (nSPS) is 17.0. The summed E-state index contributed by atoms with van der Waals surface area (Å²) in [5.74, 6) is -1.34. The highest BCUT2D eigenvalue weighted by Crippen LogP contribution is 2.26. The fraction of sp³-hybridized carbons (Fsp3) is 0.556. The van der Waals surface area contributed by atoms with E-state index in [0.29, 0.717) is 16.0 Å². The highest BCUT2D eigenvalue weighted by atomic mass is 32.2. The van der Waals surface area contributed by atoms with E-state index in [1.807, 2.05) is 19.1 Å². The van der Waals surface area contributed by atoms with Crippen molar-refractivity contribution in [2.24, 2.45) is 5.73 Å². The first-order chi connectivity index (χ1) is 12.5. The van der Waals surface area contributed by atoms with Gasteiger partial charge >= 0.3 is 5.97 Å². The highest BCUT2D eigenvalue weighted by Gasteiger charge is 2.32. The molecule has 9 heteroatoms. The van der Waals surface area contributed by atoms with Crippen molar-refractivity contribution in [3.8, 4) is 0 Å². The minimum atomic E-state index is -3.63. The van der Waals surface area contributed by atoms with Gasteiger partial charge in [-0.05, 0) is 38.3 Å². The molecule has 0 saturated carbocycles. The minimum absolute atomic E-state index is 0.0381. The van der Waals surface area contributed by atoms with E-state index in [4.69, 9.17) is 10.8 Å². The number of hydrogen-bond donors (Lipinski definition) is 2. The number of nitrogens with zero attached hydrogens (tertiary/aromatic N) is 2. The summed E-state index contributed by atoms with van der Waals surface area (Å²) in [5.41, 5.74) is 7.86. The lowest BCUT2D eigenvalue weighted by molar-refractivity contribution is -0.139. The second-order valence-electron chi connectivity index (χ2n) is 7.00. The molecule has 0 aliphatic carbocycles. The molecule has 1 heterocycles. The molecule has 1 aliphatic rings. The first-order valence-corrected chi connectivity index (χ1v) is 10.3. The Balaban J connectivity index is 2.03. The van der Waals surface area contributed by atoms with Crippen LogP contribution in [0.3, 0.4) is 0 Å². The molecule has 1 amide bonds. The minimum Gasteiger partial charge on any atom is -0.480 e. The van der Waals surface area contributed by atoms with Gasteiger partial charge in [-0.3, -0.25) is 9.59 Å². The van der Waals surface area contributed by atoms with E-state index in [0.717, 1.165) is 5.56 Å². The van der Waals surface area contributed by atoms with Crippen molar-refractivity contribution < 1.29 is 23.1 Å². The number of carbonyl (C=O) groups is 2. The fourth-order valence-corrected chi connectivity index (χ4v) is 5.28. The molecule has 1 aromatic rings. The number of carboxylic acid groups (broad SMARTS) is 1. The molecule has 0 bridgehead atoms. The molecule has 1 atom stereocenters. The number of sulfonamides is 1. The van der Waals surface area contributed by atoms with Crippen LogP contribution in [0, 0.1) is 20.8 Å². The van der Waals surface area contributed by atoms with Gasteiger partial charge in [-0.2, -0.15) is 4.31 Å². The Kier molecular flexibility index (Phi) is 6.61. The maximum Gasteiger partial charge on any atom is 0.320 e. The third-order valence-corrected chi connectivity index (χ3v) is 6.99. The van der Waals surface area contributed by atoms with Crippen LogP contribution >= 0.6 is 0 Å². The molecule has 1 saturated heterocycles. The van der Waals surface area contributed by atoms with E-state index in [1.165, 1.54) is 4.31 Å². The second kappa shape index (κ2) is 8.37. The van der Waals surface area contributed by atoms with Gasteiger partial charge in [0.25, 0.3) is 0 Å². The van der Waals surface area contributed by atoms with E-state index in [9.17, 15) is 18.0 Å². The predicted molar refractivity (Wildman–Crippen MR) is 101 cm³/mol. The highest BCUT2D eigenvalue weighted by molar-refractivity contribution is 7.89. The van der Waals surface area contributed by atoms with E-state index in [-0.39, 0.29) is 44.9 Å². The maximum atomic E-state index is 13.0. The summed E-state index contributed by atoms with van der Waals surface area (Å²) in [7, 11) is -3.63. The Morgan fingerprint density at radius 1 is 1.11 bits per heavy atom. The average Bonchev–Trinajstić information content (AvgIpc) is 2.58. The van der Waals surface area contributed by atoms with Crippen molar-refractivity contribution in [2.75, 3.05) is 26.2 Å². The average molecular weight is 397 g/mol. The number of aliphatic carboxylic acids is 1. The van der Waals surface area contributed by atoms with Crippen LogP contribution in [0.15, 0.2) is 17.0 Å². The largest absolute Gasteiger partial charge is 0.480 e. The fourth-order valence-electron chi connectivity index (χ4n) is 3.44. The Labute approximate surface area is 160 Å². The van der Waals surface area contributed by atoms with Crippen molar-refractivity contribution in [3.63, 3.8) is 0 Å². The van der Waals surface area contributed by atoms with Crippen LogP contribution in [0.25, 0.3) is 0 Å². The van der Waals surface area contributed by atoms with Gasteiger partial charge in [0, 0.05) is 32.6 Å². The van der Waals surface area contributed by atoms with E-state index >= 15 is 0 Å². The molecule has 150 valence electrons. The second-order valence-corrected chi connectivity index (χ2v) is 8.87. The lowest BCUT2D eigenvalue weighted by Crippen LogP contribution is -2.50. The summed E-state index contributed by atoms with van der Waals surface area (Å²) in [5, 5.41) is 8.78. The van der Waals surface area contributed by atoms with Gasteiger partial charge in [0.15, 0.2) is 0 Å². The lowest BCUT2D eigenvalue weighted by Gasteiger charge is -2.34. The van der Waals surface area contributed by atoms with Gasteiger partial charge in [-0.25, -0.2) is 8.42 Å². The van der Waals surface area contributed by atoms with E-state index in [1.54, 1.807) is 18.7 Å². The molecule has 1 aromatic carbocycles. The molecular formula is C18H27N3O5S. The van der Waals surface area contributed by atoms with Crippen LogP contribution in [0.2, 0.25) is 0 Å². The monoisotopic (exact) mass is 397 g/mol. The molecule has 1 fully saturated rings. The molecule has 8 nitrogen and oxygen atoms in total. The zero-order valence-corrected chi connectivity index (χ0v) is 16.8. The van der Waals surface area contributed by atoms with Crippen LogP contribution in [-0.2, 0) is 19.6 Å². The standard InChI is InChI=1S/C18H27N3O5S/c1-12-10-13(2)17(14(3)11-12)27(25,26)21-8-6-20(7-9-21)16(22)5-4-15(19)18(23)24/h10-11,15H,4-9,19H2,1-3H3,(H,23,24)/t15-/m0/s1. The van der Waals surface area contributed by atoms with Crippen molar-refractivity contribution in [1.29, 1.82) is 0 Å². The smallest absolute Gasteiger partial charge is 0.320 e. The summed E-state index contributed by atoms with van der Waals surface area (Å²) in [6, 6.07) is 2.64. The molecule has 0 aromatic heterocycles. The molecular weight excluding hydrogens is 370 g/mol. The zero-order valence-electron chi connectivity index (χ0n) is 15.9. The maximum absolute atomic E-state index is 13.0. The van der Waals surface area contributed by atoms with Crippen LogP contribution in [0.4, 0.5) is 0 Å². The number of rotatable bonds is 6. The molecule has 1 aliphatic heterocycles. The number of carboxylic acids is 1.